The maximum atomic E-state index is 11.9. The van der Waals surface area contributed by atoms with Crippen molar-refractivity contribution in [2.75, 3.05) is 6.54 Å². The highest BCUT2D eigenvalue weighted by Gasteiger charge is 2.27. The van der Waals surface area contributed by atoms with Crippen molar-refractivity contribution in [1.29, 1.82) is 0 Å². The lowest BCUT2D eigenvalue weighted by Crippen LogP contribution is -2.43. The second-order valence-electron chi connectivity index (χ2n) is 5.89. The fraction of sp³-hybridized carbons (Fsp3) is 0.933. The van der Waals surface area contributed by atoms with Crippen LogP contribution in [0.25, 0.3) is 0 Å². The predicted molar refractivity (Wildman–Crippen MR) is 76.2 cm³/mol. The minimum absolute atomic E-state index is 0.244. The molecule has 1 amide bonds. The third-order valence-corrected chi connectivity index (χ3v) is 4.41. The number of carbonyl (C=O) groups is 1. The van der Waals surface area contributed by atoms with Crippen molar-refractivity contribution in [1.82, 2.24) is 5.32 Å². The summed E-state index contributed by atoms with van der Waals surface area (Å²) in [5, 5.41) is 3.23. The van der Waals surface area contributed by atoms with Crippen molar-refractivity contribution in [2.24, 2.45) is 17.6 Å². The Morgan fingerprint density at radius 1 is 1.17 bits per heavy atom. The monoisotopic (exact) mass is 254 g/mol. The third-order valence-electron chi connectivity index (χ3n) is 4.41. The minimum atomic E-state index is 0.244. The molecule has 0 aromatic carbocycles. The number of nitrogens with one attached hydrogen (secondary N) is 1. The van der Waals surface area contributed by atoms with Gasteiger partial charge < -0.3 is 11.1 Å². The Hall–Kier alpha value is -0.570. The average molecular weight is 254 g/mol. The molecule has 0 radical (unpaired) electrons. The molecule has 0 aromatic heterocycles. The Bertz CT molecular complexity index is 243. The molecule has 1 aliphatic rings. The molecule has 0 saturated heterocycles. The van der Waals surface area contributed by atoms with Crippen molar-refractivity contribution in [2.45, 2.75) is 71.3 Å². The van der Waals surface area contributed by atoms with Gasteiger partial charge >= 0.3 is 0 Å². The number of rotatable bonds is 7. The van der Waals surface area contributed by atoms with E-state index < -0.39 is 0 Å². The fourth-order valence-corrected chi connectivity index (χ4v) is 2.85. The molecule has 18 heavy (non-hydrogen) atoms. The first-order valence-electron chi connectivity index (χ1n) is 7.64. The summed E-state index contributed by atoms with van der Waals surface area (Å²) < 4.78 is 0. The van der Waals surface area contributed by atoms with E-state index >= 15 is 0 Å². The summed E-state index contributed by atoms with van der Waals surface area (Å²) in [5.41, 5.74) is 5.44. The van der Waals surface area contributed by atoms with Crippen LogP contribution in [0.1, 0.15) is 65.2 Å². The van der Waals surface area contributed by atoms with Crippen LogP contribution in [0.2, 0.25) is 0 Å². The summed E-state index contributed by atoms with van der Waals surface area (Å²) in [7, 11) is 0. The summed E-state index contributed by atoms with van der Waals surface area (Å²) in [4.78, 5) is 11.9. The van der Waals surface area contributed by atoms with E-state index in [0.29, 0.717) is 18.4 Å². The highest BCUT2D eigenvalue weighted by Crippen LogP contribution is 2.29. The normalized spacial score (nSPS) is 28.1. The third kappa shape index (κ3) is 5.38. The summed E-state index contributed by atoms with van der Waals surface area (Å²) in [6.45, 7) is 5.34. The highest BCUT2D eigenvalue weighted by atomic mass is 16.1. The zero-order valence-electron chi connectivity index (χ0n) is 12.1. The topological polar surface area (TPSA) is 55.1 Å². The number of hydrogen-bond acceptors (Lipinski definition) is 2. The van der Waals surface area contributed by atoms with Gasteiger partial charge in [0, 0.05) is 12.5 Å². The lowest BCUT2D eigenvalue weighted by molar-refractivity contribution is -0.122. The summed E-state index contributed by atoms with van der Waals surface area (Å²) in [6, 6.07) is 0.408. The van der Waals surface area contributed by atoms with Crippen molar-refractivity contribution in [3.05, 3.63) is 0 Å². The van der Waals surface area contributed by atoms with E-state index in [1.165, 1.54) is 12.8 Å². The Labute approximate surface area is 112 Å². The number of unbranched alkanes of at least 4 members (excludes halogenated alkanes) is 3. The molecule has 0 aliphatic heterocycles. The number of carbonyl (C=O) groups excluding carboxylic acids is 1. The molecule has 0 heterocycles. The van der Waals surface area contributed by atoms with Crippen LogP contribution in [0.4, 0.5) is 0 Å². The average Bonchev–Trinajstić information content (AvgIpc) is 2.35. The molecular weight excluding hydrogens is 224 g/mol. The van der Waals surface area contributed by atoms with Crippen LogP contribution in [0.5, 0.6) is 0 Å². The van der Waals surface area contributed by atoms with Crippen LogP contribution in [-0.2, 0) is 4.79 Å². The zero-order valence-corrected chi connectivity index (χ0v) is 12.1. The molecule has 3 atom stereocenters. The van der Waals surface area contributed by atoms with Gasteiger partial charge in [0.1, 0.15) is 0 Å². The molecule has 3 heteroatoms. The highest BCUT2D eigenvalue weighted by molar-refractivity contribution is 5.76. The second kappa shape index (κ2) is 8.52. The van der Waals surface area contributed by atoms with Gasteiger partial charge in [-0.3, -0.25) is 4.79 Å². The standard InChI is InChI=1S/C15H30N2O/c1-12-8-7-9-14(13(12)2)17-15(18)10-5-3-4-6-11-16/h12-14H,3-11,16H2,1-2H3,(H,17,18). The van der Waals surface area contributed by atoms with E-state index in [9.17, 15) is 4.79 Å². The predicted octanol–water partition coefficient (Wildman–Crippen LogP) is 2.84. The Kier molecular flexibility index (Phi) is 7.33. The number of amides is 1. The molecule has 1 aliphatic carbocycles. The smallest absolute Gasteiger partial charge is 0.220 e. The number of nitrogens with two attached hydrogens (primary N) is 1. The van der Waals surface area contributed by atoms with Crippen molar-refractivity contribution in [3.63, 3.8) is 0 Å². The van der Waals surface area contributed by atoms with Crippen molar-refractivity contribution < 1.29 is 4.79 Å². The van der Waals surface area contributed by atoms with E-state index in [1.54, 1.807) is 0 Å². The van der Waals surface area contributed by atoms with Crippen LogP contribution in [0.3, 0.4) is 0 Å². The fourth-order valence-electron chi connectivity index (χ4n) is 2.85. The van der Waals surface area contributed by atoms with Gasteiger partial charge in [-0.25, -0.2) is 0 Å². The lowest BCUT2D eigenvalue weighted by Gasteiger charge is -2.34. The van der Waals surface area contributed by atoms with Gasteiger partial charge in [0.15, 0.2) is 0 Å². The maximum Gasteiger partial charge on any atom is 0.220 e. The molecule has 3 N–H and O–H groups in total. The van der Waals surface area contributed by atoms with E-state index in [4.69, 9.17) is 5.73 Å². The van der Waals surface area contributed by atoms with Gasteiger partial charge in [-0.05, 0) is 37.6 Å². The summed E-state index contributed by atoms with van der Waals surface area (Å²) in [6.07, 6.45) is 8.77. The van der Waals surface area contributed by atoms with Gasteiger partial charge in [0.25, 0.3) is 0 Å². The van der Waals surface area contributed by atoms with Gasteiger partial charge in [-0.15, -0.1) is 0 Å². The maximum absolute atomic E-state index is 11.9. The summed E-state index contributed by atoms with van der Waals surface area (Å²) in [5.74, 6) is 1.61. The van der Waals surface area contributed by atoms with Crippen LogP contribution in [0.15, 0.2) is 0 Å². The van der Waals surface area contributed by atoms with E-state index in [0.717, 1.165) is 44.6 Å². The molecule has 106 valence electrons. The first-order valence-corrected chi connectivity index (χ1v) is 7.64. The number of hydrogen-bond donors (Lipinski definition) is 2. The zero-order chi connectivity index (χ0) is 13.4. The molecule has 3 nitrogen and oxygen atoms in total. The van der Waals surface area contributed by atoms with Crippen LogP contribution in [-0.4, -0.2) is 18.5 Å². The van der Waals surface area contributed by atoms with E-state index in [2.05, 4.69) is 19.2 Å². The van der Waals surface area contributed by atoms with Gasteiger partial charge in [0.05, 0.1) is 0 Å². The summed E-state index contributed by atoms with van der Waals surface area (Å²) >= 11 is 0. The van der Waals surface area contributed by atoms with Crippen molar-refractivity contribution >= 4 is 5.91 Å². The molecular formula is C15H30N2O. The SMILES string of the molecule is CC1CCCC(NC(=O)CCCCCCN)C1C. The van der Waals surface area contributed by atoms with Crippen LogP contribution < -0.4 is 11.1 Å². The molecule has 0 bridgehead atoms. The first kappa shape index (κ1) is 15.5. The van der Waals surface area contributed by atoms with Gasteiger partial charge in [0.2, 0.25) is 5.91 Å². The van der Waals surface area contributed by atoms with Crippen LogP contribution in [0, 0.1) is 11.8 Å². The lowest BCUT2D eigenvalue weighted by atomic mass is 9.78. The molecule has 1 saturated carbocycles. The second-order valence-corrected chi connectivity index (χ2v) is 5.89. The van der Waals surface area contributed by atoms with Crippen LogP contribution >= 0.6 is 0 Å². The molecule has 3 unspecified atom stereocenters. The Morgan fingerprint density at radius 2 is 1.89 bits per heavy atom. The Morgan fingerprint density at radius 3 is 2.61 bits per heavy atom. The molecule has 0 spiro atoms. The largest absolute Gasteiger partial charge is 0.353 e. The van der Waals surface area contributed by atoms with E-state index in [-0.39, 0.29) is 5.91 Å². The quantitative estimate of drug-likeness (QED) is 0.686. The van der Waals surface area contributed by atoms with Gasteiger partial charge in [-0.1, -0.05) is 39.5 Å². The molecule has 1 fully saturated rings. The molecule has 0 aromatic rings. The first-order chi connectivity index (χ1) is 8.65. The van der Waals surface area contributed by atoms with Crippen molar-refractivity contribution in [3.8, 4) is 0 Å². The van der Waals surface area contributed by atoms with Gasteiger partial charge in [-0.2, -0.15) is 0 Å². The molecule has 1 rings (SSSR count). The minimum Gasteiger partial charge on any atom is -0.353 e. The van der Waals surface area contributed by atoms with E-state index in [1.807, 2.05) is 0 Å². The Balaban J connectivity index is 2.15.